The summed E-state index contributed by atoms with van der Waals surface area (Å²) in [6, 6.07) is 16.5. The first-order chi connectivity index (χ1) is 14.7. The molecule has 3 aromatic heterocycles. The van der Waals surface area contributed by atoms with Crippen LogP contribution >= 0.6 is 23.1 Å². The number of thiophene rings is 1. The van der Waals surface area contributed by atoms with Gasteiger partial charge in [0.25, 0.3) is 5.56 Å². The second-order valence-electron chi connectivity index (χ2n) is 7.81. The molecule has 0 fully saturated rings. The molecule has 1 aliphatic rings. The van der Waals surface area contributed by atoms with Crippen molar-refractivity contribution in [2.75, 3.05) is 0 Å². The van der Waals surface area contributed by atoms with E-state index in [4.69, 9.17) is 10.1 Å². The second-order valence-corrected chi connectivity index (χ2v) is 9.96. The van der Waals surface area contributed by atoms with Gasteiger partial charge >= 0.3 is 0 Å². The fourth-order valence-electron chi connectivity index (χ4n) is 4.27. The van der Waals surface area contributed by atoms with E-state index in [9.17, 15) is 4.79 Å². The monoisotopic (exact) mass is 429 g/mol. The number of nitrogens with zero attached hydrogens (tertiary/aromatic N) is 3. The summed E-state index contributed by atoms with van der Waals surface area (Å²) in [5.74, 6) is 0. The molecule has 0 unspecified atom stereocenters. The minimum atomic E-state index is -0.0362. The number of benzene rings is 2. The van der Waals surface area contributed by atoms with Crippen LogP contribution in [0.4, 0.5) is 0 Å². The van der Waals surface area contributed by atoms with E-state index in [0.717, 1.165) is 50.2 Å². The Bertz CT molecular complexity index is 1500. The molecular weight excluding hydrogens is 410 g/mol. The highest BCUT2D eigenvalue weighted by Gasteiger charge is 2.22. The summed E-state index contributed by atoms with van der Waals surface area (Å²) in [5.41, 5.74) is 3.04. The summed E-state index contributed by atoms with van der Waals surface area (Å²) >= 11 is 3.28. The summed E-state index contributed by atoms with van der Waals surface area (Å²) in [4.78, 5) is 21.8. The van der Waals surface area contributed by atoms with Crippen molar-refractivity contribution in [3.05, 3.63) is 74.9 Å². The van der Waals surface area contributed by atoms with Crippen molar-refractivity contribution in [3.8, 4) is 0 Å². The van der Waals surface area contributed by atoms with Gasteiger partial charge in [0, 0.05) is 20.5 Å². The fraction of sp³-hybridized carbons (Fsp3) is 0.208. The van der Waals surface area contributed by atoms with Crippen LogP contribution < -0.4 is 5.56 Å². The molecular formula is C24H19N3OS2. The molecule has 0 atom stereocenters. The molecule has 0 amide bonds. The van der Waals surface area contributed by atoms with Crippen molar-refractivity contribution in [1.29, 1.82) is 0 Å². The molecule has 148 valence electrons. The maximum Gasteiger partial charge on any atom is 0.283 e. The molecule has 6 heteroatoms. The number of aryl methyl sites for hydroxylation is 3. The molecule has 30 heavy (non-hydrogen) atoms. The van der Waals surface area contributed by atoms with Gasteiger partial charge in [0.15, 0.2) is 5.65 Å². The predicted octanol–water partition coefficient (Wildman–Crippen LogP) is 5.80. The molecule has 3 heterocycles. The first-order valence-corrected chi connectivity index (χ1v) is 11.8. The minimum Gasteiger partial charge on any atom is -0.267 e. The Balaban J connectivity index is 1.66. The van der Waals surface area contributed by atoms with E-state index in [1.165, 1.54) is 26.9 Å². The van der Waals surface area contributed by atoms with Crippen LogP contribution in [0, 0.1) is 6.92 Å². The van der Waals surface area contributed by atoms with E-state index in [1.54, 1.807) is 23.1 Å². The molecule has 0 saturated heterocycles. The number of hydrogen-bond donors (Lipinski definition) is 0. The highest BCUT2D eigenvalue weighted by atomic mass is 32.2. The summed E-state index contributed by atoms with van der Waals surface area (Å²) < 4.78 is 1.53. The molecule has 0 radical (unpaired) electrons. The molecule has 0 N–H and O–H groups in total. The SMILES string of the molecule is Cc1ccc(Sc2nn3c(=O)c4c5c(sc4nc3c3ccccc23)CCCC5)cc1. The lowest BCUT2D eigenvalue weighted by Gasteiger charge is -2.11. The van der Waals surface area contributed by atoms with Crippen LogP contribution in [-0.4, -0.2) is 14.6 Å². The zero-order valence-electron chi connectivity index (χ0n) is 16.5. The third-order valence-electron chi connectivity index (χ3n) is 5.79. The number of rotatable bonds is 2. The van der Waals surface area contributed by atoms with Crippen molar-refractivity contribution in [2.24, 2.45) is 0 Å². The Morgan fingerprint density at radius 1 is 1.00 bits per heavy atom. The van der Waals surface area contributed by atoms with Gasteiger partial charge in [0.2, 0.25) is 0 Å². The Morgan fingerprint density at radius 2 is 1.77 bits per heavy atom. The average molecular weight is 430 g/mol. The molecule has 2 aromatic carbocycles. The summed E-state index contributed by atoms with van der Waals surface area (Å²) in [6.07, 6.45) is 4.36. The largest absolute Gasteiger partial charge is 0.283 e. The minimum absolute atomic E-state index is 0.0362. The third kappa shape index (κ3) is 2.78. The van der Waals surface area contributed by atoms with Crippen molar-refractivity contribution >= 4 is 49.7 Å². The first kappa shape index (κ1) is 18.1. The number of fused-ring (bicyclic) bond motifs is 6. The lowest BCUT2D eigenvalue weighted by molar-refractivity contribution is 0.699. The summed E-state index contributed by atoms with van der Waals surface area (Å²) in [6.45, 7) is 2.08. The molecule has 0 aliphatic heterocycles. The van der Waals surface area contributed by atoms with E-state index in [1.807, 2.05) is 18.2 Å². The quantitative estimate of drug-likeness (QED) is 0.333. The Hall–Kier alpha value is -2.70. The fourth-order valence-corrected chi connectivity index (χ4v) is 6.42. The number of hydrogen-bond acceptors (Lipinski definition) is 5. The highest BCUT2D eigenvalue weighted by Crippen LogP contribution is 2.36. The topological polar surface area (TPSA) is 47.3 Å². The van der Waals surface area contributed by atoms with Crippen molar-refractivity contribution in [3.63, 3.8) is 0 Å². The van der Waals surface area contributed by atoms with Gasteiger partial charge in [-0.2, -0.15) is 9.61 Å². The summed E-state index contributed by atoms with van der Waals surface area (Å²) in [5, 5.41) is 8.40. The van der Waals surface area contributed by atoms with E-state index < -0.39 is 0 Å². The normalized spacial score (nSPS) is 13.9. The van der Waals surface area contributed by atoms with Crippen LogP contribution in [-0.2, 0) is 12.8 Å². The molecule has 4 nitrogen and oxygen atoms in total. The second kappa shape index (κ2) is 6.93. The van der Waals surface area contributed by atoms with Crippen LogP contribution in [0.25, 0.3) is 26.6 Å². The molecule has 6 rings (SSSR count). The molecule has 1 aliphatic carbocycles. The Morgan fingerprint density at radius 3 is 2.60 bits per heavy atom. The zero-order valence-corrected chi connectivity index (χ0v) is 18.1. The first-order valence-electron chi connectivity index (χ1n) is 10.2. The van der Waals surface area contributed by atoms with Crippen LogP contribution in [0.3, 0.4) is 0 Å². The average Bonchev–Trinajstić information content (AvgIpc) is 3.15. The van der Waals surface area contributed by atoms with Gasteiger partial charge < -0.3 is 0 Å². The van der Waals surface area contributed by atoms with Gasteiger partial charge in [-0.25, -0.2) is 4.98 Å². The van der Waals surface area contributed by atoms with Crippen LogP contribution in [0.1, 0.15) is 28.8 Å². The van der Waals surface area contributed by atoms with Crippen LogP contribution in [0.15, 0.2) is 63.2 Å². The van der Waals surface area contributed by atoms with E-state index in [2.05, 4.69) is 37.3 Å². The molecule has 0 spiro atoms. The van der Waals surface area contributed by atoms with Crippen LogP contribution in [0.5, 0.6) is 0 Å². The highest BCUT2D eigenvalue weighted by molar-refractivity contribution is 7.99. The Labute approximate surface area is 181 Å². The molecule has 5 aromatic rings. The zero-order chi connectivity index (χ0) is 20.2. The van der Waals surface area contributed by atoms with Gasteiger partial charge in [-0.05, 0) is 50.3 Å². The van der Waals surface area contributed by atoms with Gasteiger partial charge in [-0.3, -0.25) is 4.79 Å². The molecule has 0 bridgehead atoms. The van der Waals surface area contributed by atoms with Gasteiger partial charge in [-0.1, -0.05) is 53.7 Å². The number of aromatic nitrogens is 3. The van der Waals surface area contributed by atoms with Gasteiger partial charge in [-0.15, -0.1) is 11.3 Å². The maximum atomic E-state index is 13.6. The smallest absolute Gasteiger partial charge is 0.267 e. The summed E-state index contributed by atoms with van der Waals surface area (Å²) in [7, 11) is 0. The van der Waals surface area contributed by atoms with Gasteiger partial charge in [0.05, 0.1) is 5.39 Å². The van der Waals surface area contributed by atoms with E-state index >= 15 is 0 Å². The predicted molar refractivity (Wildman–Crippen MR) is 124 cm³/mol. The van der Waals surface area contributed by atoms with Crippen molar-refractivity contribution in [2.45, 2.75) is 42.5 Å². The lowest BCUT2D eigenvalue weighted by atomic mass is 9.97. The Kier molecular flexibility index (Phi) is 4.18. The molecule has 0 saturated carbocycles. The standard InChI is InChI=1S/C24H19N3OS2/c1-14-10-12-15(13-11-14)29-22-17-7-3-2-6-16(17)21-25-23-20(24(28)27(21)26-22)18-8-4-5-9-19(18)30-23/h2-3,6-7,10-13H,4-5,8-9H2,1H3. The van der Waals surface area contributed by atoms with Crippen LogP contribution in [0.2, 0.25) is 0 Å². The van der Waals surface area contributed by atoms with Crippen molar-refractivity contribution < 1.29 is 0 Å². The maximum absolute atomic E-state index is 13.6. The third-order valence-corrected chi connectivity index (χ3v) is 7.98. The van der Waals surface area contributed by atoms with E-state index in [0.29, 0.717) is 5.65 Å². The van der Waals surface area contributed by atoms with Crippen molar-refractivity contribution in [1.82, 2.24) is 14.6 Å². The van der Waals surface area contributed by atoms with E-state index in [-0.39, 0.29) is 5.56 Å². The van der Waals surface area contributed by atoms with Gasteiger partial charge in [0.1, 0.15) is 9.86 Å². The lowest BCUT2D eigenvalue weighted by Crippen LogP contribution is -2.19.